The third-order valence-electron chi connectivity index (χ3n) is 3.00. The zero-order valence-corrected chi connectivity index (χ0v) is 12.4. The minimum Gasteiger partial charge on any atom is -0.465 e. The number of esters is 2. The first-order chi connectivity index (χ1) is 8.32. The van der Waals surface area contributed by atoms with E-state index in [0.29, 0.717) is 6.42 Å². The maximum Gasteiger partial charge on any atom is 0.323 e. The van der Waals surface area contributed by atoms with Crippen LogP contribution in [0.3, 0.4) is 0 Å². The van der Waals surface area contributed by atoms with Crippen LogP contribution in [0.25, 0.3) is 0 Å². The summed E-state index contributed by atoms with van der Waals surface area (Å²) in [6.07, 6.45) is 0.447. The molecular formula is C14H26O4. The lowest BCUT2D eigenvalue weighted by Gasteiger charge is -2.33. The fourth-order valence-corrected chi connectivity index (χ4v) is 2.12. The number of carbonyl (C=O) groups excluding carboxylic acids is 2. The minimum absolute atomic E-state index is 0.155. The summed E-state index contributed by atoms with van der Waals surface area (Å²) in [7, 11) is 0. The standard InChI is InChI=1S/C14H26O4/c1-7-17-12(15)14(11(5)6,9-10(3)4)13(16)18-8-2/h10-11H,7-9H2,1-6H3. The van der Waals surface area contributed by atoms with Crippen LogP contribution < -0.4 is 0 Å². The number of carbonyl (C=O) groups is 2. The van der Waals surface area contributed by atoms with Gasteiger partial charge in [-0.25, -0.2) is 0 Å². The molecule has 0 aromatic heterocycles. The summed E-state index contributed by atoms with van der Waals surface area (Å²) in [5, 5.41) is 0. The highest BCUT2D eigenvalue weighted by atomic mass is 16.6. The molecule has 0 N–H and O–H groups in total. The van der Waals surface area contributed by atoms with E-state index in [2.05, 4.69) is 0 Å². The summed E-state index contributed by atoms with van der Waals surface area (Å²) in [6.45, 7) is 11.7. The van der Waals surface area contributed by atoms with E-state index < -0.39 is 17.4 Å². The van der Waals surface area contributed by atoms with Gasteiger partial charge in [0.05, 0.1) is 13.2 Å². The SMILES string of the molecule is CCOC(=O)C(CC(C)C)(C(=O)OCC)C(C)C. The Labute approximate surface area is 110 Å². The molecule has 4 heteroatoms. The van der Waals surface area contributed by atoms with Crippen molar-refractivity contribution in [2.75, 3.05) is 13.2 Å². The fraction of sp³-hybridized carbons (Fsp3) is 0.857. The van der Waals surface area contributed by atoms with Crippen LogP contribution in [0.15, 0.2) is 0 Å². The van der Waals surface area contributed by atoms with Crippen molar-refractivity contribution in [1.82, 2.24) is 0 Å². The molecule has 0 spiro atoms. The summed E-state index contributed by atoms with van der Waals surface area (Å²) < 4.78 is 10.2. The number of ether oxygens (including phenoxy) is 2. The molecule has 0 aliphatic rings. The molecule has 0 aliphatic carbocycles. The van der Waals surface area contributed by atoms with E-state index in [1.165, 1.54) is 0 Å². The van der Waals surface area contributed by atoms with E-state index in [0.717, 1.165) is 0 Å². The normalized spacial score (nSPS) is 11.8. The maximum atomic E-state index is 12.2. The van der Waals surface area contributed by atoms with Crippen LogP contribution in [-0.4, -0.2) is 25.2 Å². The Morgan fingerprint density at radius 1 is 0.944 bits per heavy atom. The quantitative estimate of drug-likeness (QED) is 0.520. The lowest BCUT2D eigenvalue weighted by molar-refractivity contribution is -0.177. The molecule has 18 heavy (non-hydrogen) atoms. The fourth-order valence-electron chi connectivity index (χ4n) is 2.12. The zero-order chi connectivity index (χ0) is 14.3. The van der Waals surface area contributed by atoms with Gasteiger partial charge in [-0.1, -0.05) is 27.7 Å². The van der Waals surface area contributed by atoms with Crippen LogP contribution in [-0.2, 0) is 19.1 Å². The predicted octanol–water partition coefficient (Wildman–Crippen LogP) is 2.80. The molecule has 106 valence electrons. The topological polar surface area (TPSA) is 52.6 Å². The minimum atomic E-state index is -1.18. The summed E-state index contributed by atoms with van der Waals surface area (Å²) >= 11 is 0. The van der Waals surface area contributed by atoms with Gasteiger partial charge in [-0.15, -0.1) is 0 Å². The van der Waals surface area contributed by atoms with Crippen molar-refractivity contribution >= 4 is 11.9 Å². The molecular weight excluding hydrogens is 232 g/mol. The van der Waals surface area contributed by atoms with Crippen LogP contribution in [0, 0.1) is 17.3 Å². The average molecular weight is 258 g/mol. The van der Waals surface area contributed by atoms with E-state index in [9.17, 15) is 9.59 Å². The molecule has 0 aromatic rings. The van der Waals surface area contributed by atoms with Gasteiger partial charge >= 0.3 is 11.9 Å². The van der Waals surface area contributed by atoms with E-state index >= 15 is 0 Å². The highest BCUT2D eigenvalue weighted by Gasteiger charge is 2.51. The van der Waals surface area contributed by atoms with Crippen molar-refractivity contribution in [3.63, 3.8) is 0 Å². The Morgan fingerprint density at radius 2 is 1.33 bits per heavy atom. The largest absolute Gasteiger partial charge is 0.465 e. The van der Waals surface area contributed by atoms with Crippen LogP contribution in [0.5, 0.6) is 0 Å². The summed E-state index contributed by atoms with van der Waals surface area (Å²) in [6, 6.07) is 0. The highest BCUT2D eigenvalue weighted by molar-refractivity contribution is 6.00. The predicted molar refractivity (Wildman–Crippen MR) is 70.0 cm³/mol. The van der Waals surface area contributed by atoms with Gasteiger partial charge in [-0.3, -0.25) is 9.59 Å². The second kappa shape index (κ2) is 7.39. The smallest absolute Gasteiger partial charge is 0.323 e. The second-order valence-electron chi connectivity index (χ2n) is 5.16. The first kappa shape index (κ1) is 16.9. The Morgan fingerprint density at radius 3 is 1.56 bits per heavy atom. The lowest BCUT2D eigenvalue weighted by atomic mass is 9.71. The number of hydrogen-bond donors (Lipinski definition) is 0. The molecule has 0 saturated heterocycles. The molecule has 0 bridgehead atoms. The van der Waals surface area contributed by atoms with Gasteiger partial charge in [0.1, 0.15) is 0 Å². The van der Waals surface area contributed by atoms with Gasteiger partial charge in [0.25, 0.3) is 0 Å². The summed E-state index contributed by atoms with van der Waals surface area (Å²) in [4.78, 5) is 24.5. The average Bonchev–Trinajstić information content (AvgIpc) is 2.25. The van der Waals surface area contributed by atoms with Gasteiger partial charge < -0.3 is 9.47 Å². The van der Waals surface area contributed by atoms with Crippen molar-refractivity contribution in [3.05, 3.63) is 0 Å². The summed E-state index contributed by atoms with van der Waals surface area (Å²) in [5.41, 5.74) is -1.18. The first-order valence-corrected chi connectivity index (χ1v) is 6.67. The number of hydrogen-bond acceptors (Lipinski definition) is 4. The van der Waals surface area contributed by atoms with E-state index in [1.807, 2.05) is 27.7 Å². The van der Waals surface area contributed by atoms with Crippen molar-refractivity contribution < 1.29 is 19.1 Å². The molecule has 0 rings (SSSR count). The molecule has 0 aliphatic heterocycles. The van der Waals surface area contributed by atoms with Gasteiger partial charge in [0, 0.05) is 0 Å². The Hall–Kier alpha value is -1.06. The molecule has 4 nitrogen and oxygen atoms in total. The molecule has 0 radical (unpaired) electrons. The van der Waals surface area contributed by atoms with Crippen molar-refractivity contribution in [2.24, 2.45) is 17.3 Å². The Balaban J connectivity index is 5.41. The van der Waals surface area contributed by atoms with E-state index in [4.69, 9.17) is 9.47 Å². The van der Waals surface area contributed by atoms with Gasteiger partial charge in [-0.05, 0) is 32.1 Å². The van der Waals surface area contributed by atoms with Crippen LogP contribution in [0.1, 0.15) is 48.0 Å². The molecule has 0 unspecified atom stereocenters. The van der Waals surface area contributed by atoms with Crippen LogP contribution in [0.2, 0.25) is 0 Å². The summed E-state index contributed by atoms with van der Waals surface area (Å²) in [5.74, 6) is -0.876. The van der Waals surface area contributed by atoms with Crippen molar-refractivity contribution in [2.45, 2.75) is 48.0 Å². The Bertz CT molecular complexity index is 264. The van der Waals surface area contributed by atoms with Crippen LogP contribution >= 0.6 is 0 Å². The van der Waals surface area contributed by atoms with Gasteiger partial charge in [-0.2, -0.15) is 0 Å². The third-order valence-corrected chi connectivity index (χ3v) is 3.00. The van der Waals surface area contributed by atoms with Gasteiger partial charge in [0.15, 0.2) is 5.41 Å². The molecule has 0 atom stereocenters. The van der Waals surface area contributed by atoms with Crippen molar-refractivity contribution in [1.29, 1.82) is 0 Å². The lowest BCUT2D eigenvalue weighted by Crippen LogP contribution is -2.47. The molecule has 0 aromatic carbocycles. The number of rotatable bonds is 7. The molecule has 0 amide bonds. The van der Waals surface area contributed by atoms with Crippen molar-refractivity contribution in [3.8, 4) is 0 Å². The highest BCUT2D eigenvalue weighted by Crippen LogP contribution is 2.37. The molecule has 0 heterocycles. The molecule has 0 fully saturated rings. The molecule has 0 saturated carbocycles. The van der Waals surface area contributed by atoms with E-state index in [-0.39, 0.29) is 25.0 Å². The monoisotopic (exact) mass is 258 g/mol. The van der Waals surface area contributed by atoms with Gasteiger partial charge in [0.2, 0.25) is 0 Å². The van der Waals surface area contributed by atoms with Crippen LogP contribution in [0.4, 0.5) is 0 Å². The third kappa shape index (κ3) is 3.72. The Kier molecular flexibility index (Phi) is 6.96. The maximum absolute atomic E-state index is 12.2. The zero-order valence-electron chi connectivity index (χ0n) is 12.4. The first-order valence-electron chi connectivity index (χ1n) is 6.67. The second-order valence-corrected chi connectivity index (χ2v) is 5.16. The van der Waals surface area contributed by atoms with E-state index in [1.54, 1.807) is 13.8 Å².